The first kappa shape index (κ1) is 14.9. The molecular weight excluding hydrogens is 308 g/mol. The van der Waals surface area contributed by atoms with E-state index in [0.717, 1.165) is 6.42 Å². The van der Waals surface area contributed by atoms with Gasteiger partial charge in [-0.15, -0.1) is 0 Å². The van der Waals surface area contributed by atoms with Gasteiger partial charge in [0.05, 0.1) is 17.4 Å². The van der Waals surface area contributed by atoms with E-state index in [2.05, 4.69) is 34.7 Å². The lowest BCUT2D eigenvalue weighted by Gasteiger charge is -2.13. The number of amides is 1. The highest BCUT2D eigenvalue weighted by atomic mass is 16.6. The van der Waals surface area contributed by atoms with Crippen LogP contribution in [-0.2, 0) is 17.8 Å². The van der Waals surface area contributed by atoms with Gasteiger partial charge in [0, 0.05) is 6.54 Å². The van der Waals surface area contributed by atoms with Gasteiger partial charge >= 0.3 is 5.82 Å². The summed E-state index contributed by atoms with van der Waals surface area (Å²) in [6.45, 7) is 0.665. The van der Waals surface area contributed by atoms with Gasteiger partial charge in [0.25, 0.3) is 0 Å². The number of nitrogens with one attached hydrogen (secondary N) is 1. The van der Waals surface area contributed by atoms with Crippen molar-refractivity contribution in [2.75, 3.05) is 6.54 Å². The highest BCUT2D eigenvalue weighted by Gasteiger charge is 2.52. The van der Waals surface area contributed by atoms with Crippen molar-refractivity contribution in [2.45, 2.75) is 25.3 Å². The lowest BCUT2D eigenvalue weighted by atomic mass is 9.92. The Labute approximate surface area is 138 Å². The molecule has 0 unspecified atom stereocenters. The fourth-order valence-electron chi connectivity index (χ4n) is 3.96. The summed E-state index contributed by atoms with van der Waals surface area (Å²) >= 11 is 0. The van der Waals surface area contributed by atoms with Crippen LogP contribution in [0.5, 0.6) is 0 Å². The molecule has 1 fully saturated rings. The first-order valence-electron chi connectivity index (χ1n) is 8.16. The summed E-state index contributed by atoms with van der Waals surface area (Å²) in [5.41, 5.74) is 2.88. The average Bonchev–Trinajstić information content (AvgIpc) is 3.10. The summed E-state index contributed by atoms with van der Waals surface area (Å²) in [5.74, 6) is 1.34. The summed E-state index contributed by atoms with van der Waals surface area (Å²) in [4.78, 5) is 22.1. The predicted molar refractivity (Wildman–Crippen MR) is 86.4 cm³/mol. The smallest absolute Gasteiger partial charge is 0.358 e. The third-order valence-electron chi connectivity index (χ3n) is 5.15. The number of benzene rings is 1. The minimum atomic E-state index is -0.569. The highest BCUT2D eigenvalue weighted by molar-refractivity contribution is 5.75. The van der Waals surface area contributed by atoms with Crippen LogP contribution in [0.15, 0.2) is 36.5 Å². The molecule has 1 N–H and O–H groups in total. The van der Waals surface area contributed by atoms with Crippen molar-refractivity contribution in [3.63, 3.8) is 0 Å². The van der Waals surface area contributed by atoms with Crippen LogP contribution < -0.4 is 5.32 Å². The summed E-state index contributed by atoms with van der Waals surface area (Å²) in [6, 6.07) is 9.86. The number of hydrogen-bond acceptors (Lipinski definition) is 4. The molecule has 0 bridgehead atoms. The summed E-state index contributed by atoms with van der Waals surface area (Å²) < 4.78 is 1.29. The molecule has 1 saturated carbocycles. The Morgan fingerprint density at radius 1 is 1.38 bits per heavy atom. The molecule has 1 heterocycles. The van der Waals surface area contributed by atoms with Gasteiger partial charge in [-0.3, -0.25) is 4.79 Å². The minimum absolute atomic E-state index is 0.00643. The van der Waals surface area contributed by atoms with Gasteiger partial charge in [-0.1, -0.05) is 24.3 Å². The molecule has 124 valence electrons. The number of rotatable bonds is 5. The molecule has 1 aromatic heterocycles. The molecule has 0 radical (unpaired) electrons. The van der Waals surface area contributed by atoms with Crippen LogP contribution >= 0.6 is 0 Å². The number of aromatic nitrogens is 2. The molecular formula is C17H18N4O3. The molecule has 0 saturated heterocycles. The number of carbonyl (C=O) groups excluding carboxylic acids is 1. The van der Waals surface area contributed by atoms with E-state index < -0.39 is 4.92 Å². The molecule has 2 aliphatic carbocycles. The van der Waals surface area contributed by atoms with Crippen molar-refractivity contribution in [1.29, 1.82) is 0 Å². The van der Waals surface area contributed by atoms with Crippen LogP contribution in [0.1, 0.15) is 23.5 Å². The second-order valence-corrected chi connectivity index (χ2v) is 6.52. The first-order valence-corrected chi connectivity index (χ1v) is 8.16. The molecule has 24 heavy (non-hydrogen) atoms. The molecule has 0 spiro atoms. The largest absolute Gasteiger partial charge is 0.389 e. The van der Waals surface area contributed by atoms with Gasteiger partial charge in [0.2, 0.25) is 5.91 Å². The Balaban J connectivity index is 1.32. The van der Waals surface area contributed by atoms with E-state index >= 15 is 0 Å². The molecule has 7 heteroatoms. The van der Waals surface area contributed by atoms with Gasteiger partial charge in [0.1, 0.15) is 6.54 Å². The van der Waals surface area contributed by atoms with E-state index in [1.165, 1.54) is 34.5 Å². The van der Waals surface area contributed by atoms with Gasteiger partial charge in [-0.2, -0.15) is 4.68 Å². The monoisotopic (exact) mass is 326 g/mol. The quantitative estimate of drug-likeness (QED) is 0.671. The summed E-state index contributed by atoms with van der Waals surface area (Å²) in [6.07, 6.45) is 3.76. The fourth-order valence-corrected chi connectivity index (χ4v) is 3.96. The van der Waals surface area contributed by atoms with Crippen LogP contribution in [-0.4, -0.2) is 27.2 Å². The van der Waals surface area contributed by atoms with Crippen LogP contribution in [0.4, 0.5) is 5.82 Å². The number of nitrogens with zero attached hydrogens (tertiary/aromatic N) is 3. The number of hydrogen-bond donors (Lipinski definition) is 1. The highest BCUT2D eigenvalue weighted by Crippen LogP contribution is 2.59. The van der Waals surface area contributed by atoms with Crippen LogP contribution in [0.25, 0.3) is 0 Å². The van der Waals surface area contributed by atoms with E-state index in [-0.39, 0.29) is 18.3 Å². The van der Waals surface area contributed by atoms with E-state index in [1.54, 1.807) is 0 Å². The molecule has 1 aromatic carbocycles. The SMILES string of the molecule is O=C(Cn1ccc([N+](=O)[O-])n1)NC[C@@H]1[C@H]2CCc3ccccc3[C@H]21. The number of carbonyl (C=O) groups is 1. The predicted octanol–water partition coefficient (Wildman–Crippen LogP) is 1.88. The maximum Gasteiger partial charge on any atom is 0.389 e. The van der Waals surface area contributed by atoms with Crippen molar-refractivity contribution < 1.29 is 9.72 Å². The summed E-state index contributed by atoms with van der Waals surface area (Å²) in [5, 5.41) is 17.3. The molecule has 2 aromatic rings. The normalized spacial score (nSPS) is 23.9. The van der Waals surface area contributed by atoms with E-state index in [1.807, 2.05) is 0 Å². The Hall–Kier alpha value is -2.70. The van der Waals surface area contributed by atoms with Gasteiger partial charge in [0.15, 0.2) is 0 Å². The maximum atomic E-state index is 12.0. The summed E-state index contributed by atoms with van der Waals surface area (Å²) in [7, 11) is 0. The zero-order chi connectivity index (χ0) is 16.7. The second-order valence-electron chi connectivity index (χ2n) is 6.52. The molecule has 1 amide bonds. The van der Waals surface area contributed by atoms with Gasteiger partial charge in [-0.25, -0.2) is 0 Å². The van der Waals surface area contributed by atoms with Crippen molar-refractivity contribution in [2.24, 2.45) is 11.8 Å². The number of fused-ring (bicyclic) bond motifs is 3. The zero-order valence-corrected chi connectivity index (χ0v) is 13.1. The van der Waals surface area contributed by atoms with Gasteiger partial charge in [-0.05, 0) is 46.6 Å². The lowest BCUT2D eigenvalue weighted by molar-refractivity contribution is -0.389. The maximum absolute atomic E-state index is 12.0. The standard InChI is InChI=1S/C17H18N4O3/c22-16(10-20-8-7-15(19-20)21(23)24)18-9-14-13-6-5-11-3-1-2-4-12(11)17(13)14/h1-4,7-8,13-14,17H,5-6,9-10H2,(H,18,22)/t13-,14-,17-/m1/s1. The van der Waals surface area contributed by atoms with Crippen molar-refractivity contribution in [1.82, 2.24) is 15.1 Å². The Morgan fingerprint density at radius 2 is 2.21 bits per heavy atom. The van der Waals surface area contributed by atoms with E-state index in [0.29, 0.717) is 24.3 Å². The Bertz CT molecular complexity index is 801. The van der Waals surface area contributed by atoms with Crippen LogP contribution in [0.3, 0.4) is 0 Å². The molecule has 7 nitrogen and oxygen atoms in total. The molecule has 2 aliphatic rings. The molecule has 3 atom stereocenters. The minimum Gasteiger partial charge on any atom is -0.358 e. The first-order chi connectivity index (χ1) is 11.6. The van der Waals surface area contributed by atoms with E-state index in [9.17, 15) is 14.9 Å². The Morgan fingerprint density at radius 3 is 3.00 bits per heavy atom. The van der Waals surface area contributed by atoms with Crippen LogP contribution in [0.2, 0.25) is 0 Å². The average molecular weight is 326 g/mol. The Kier molecular flexibility index (Phi) is 3.55. The number of nitro groups is 1. The topological polar surface area (TPSA) is 90.1 Å². The van der Waals surface area contributed by atoms with Crippen molar-refractivity contribution >= 4 is 11.7 Å². The lowest BCUT2D eigenvalue weighted by Crippen LogP contribution is -2.30. The number of aryl methyl sites for hydroxylation is 1. The molecule has 4 rings (SSSR count). The third-order valence-corrected chi connectivity index (χ3v) is 5.15. The van der Waals surface area contributed by atoms with Crippen LogP contribution in [0, 0.1) is 22.0 Å². The third kappa shape index (κ3) is 2.66. The zero-order valence-electron chi connectivity index (χ0n) is 13.1. The fraction of sp³-hybridized carbons (Fsp3) is 0.412. The second kappa shape index (κ2) is 5.74. The van der Waals surface area contributed by atoms with Gasteiger partial charge < -0.3 is 15.4 Å². The van der Waals surface area contributed by atoms with E-state index in [4.69, 9.17) is 0 Å². The van der Waals surface area contributed by atoms with Crippen molar-refractivity contribution in [3.8, 4) is 0 Å². The molecule has 0 aliphatic heterocycles. The van der Waals surface area contributed by atoms with Crippen molar-refractivity contribution in [3.05, 3.63) is 57.8 Å².